The maximum atomic E-state index is 13.5. The van der Waals surface area contributed by atoms with Gasteiger partial charge in [0.25, 0.3) is 0 Å². The van der Waals surface area contributed by atoms with Crippen LogP contribution < -0.4 is 5.43 Å². The third kappa shape index (κ3) is 1.48. The SMILES string of the molecule is Fc1cccc2c1CCC2Nn1cccc1. The van der Waals surface area contributed by atoms with Crippen LogP contribution in [0.5, 0.6) is 0 Å². The van der Waals surface area contributed by atoms with Crippen molar-refractivity contribution in [1.29, 1.82) is 0 Å². The van der Waals surface area contributed by atoms with Gasteiger partial charge in [-0.3, -0.25) is 4.68 Å². The van der Waals surface area contributed by atoms with Gasteiger partial charge in [-0.05, 0) is 42.2 Å². The Morgan fingerprint density at radius 3 is 2.81 bits per heavy atom. The average Bonchev–Trinajstić information content (AvgIpc) is 2.90. The van der Waals surface area contributed by atoms with Crippen molar-refractivity contribution in [2.45, 2.75) is 18.9 Å². The van der Waals surface area contributed by atoms with Gasteiger partial charge in [0, 0.05) is 12.4 Å². The molecule has 1 atom stereocenters. The number of benzene rings is 1. The molecule has 82 valence electrons. The van der Waals surface area contributed by atoms with E-state index in [0.29, 0.717) is 0 Å². The number of nitrogens with one attached hydrogen (secondary N) is 1. The van der Waals surface area contributed by atoms with E-state index in [1.54, 1.807) is 6.07 Å². The van der Waals surface area contributed by atoms with Gasteiger partial charge in [0.05, 0.1) is 6.04 Å². The topological polar surface area (TPSA) is 17.0 Å². The van der Waals surface area contributed by atoms with E-state index >= 15 is 0 Å². The second kappa shape index (κ2) is 3.67. The highest BCUT2D eigenvalue weighted by molar-refractivity contribution is 5.37. The van der Waals surface area contributed by atoms with Crippen molar-refractivity contribution in [3.63, 3.8) is 0 Å². The Labute approximate surface area is 93.7 Å². The summed E-state index contributed by atoms with van der Waals surface area (Å²) in [5.74, 6) is -0.0747. The summed E-state index contributed by atoms with van der Waals surface area (Å²) < 4.78 is 15.4. The first-order chi connectivity index (χ1) is 7.84. The Morgan fingerprint density at radius 1 is 1.19 bits per heavy atom. The van der Waals surface area contributed by atoms with Crippen molar-refractivity contribution in [3.8, 4) is 0 Å². The van der Waals surface area contributed by atoms with Crippen LogP contribution in [0, 0.1) is 5.82 Å². The molecule has 2 aromatic rings. The molecule has 1 heterocycles. The first-order valence-electron chi connectivity index (χ1n) is 5.51. The Bertz CT molecular complexity index is 491. The number of fused-ring (bicyclic) bond motifs is 1. The zero-order valence-electron chi connectivity index (χ0n) is 8.86. The fraction of sp³-hybridized carbons (Fsp3) is 0.231. The molecule has 1 aromatic heterocycles. The van der Waals surface area contributed by atoms with Crippen LogP contribution in [-0.2, 0) is 6.42 Å². The number of rotatable bonds is 2. The van der Waals surface area contributed by atoms with Gasteiger partial charge in [0.2, 0.25) is 0 Å². The molecule has 0 spiro atoms. The molecule has 0 bridgehead atoms. The van der Waals surface area contributed by atoms with Crippen molar-refractivity contribution in [3.05, 3.63) is 59.7 Å². The molecule has 1 aliphatic rings. The fourth-order valence-corrected chi connectivity index (χ4v) is 2.34. The Morgan fingerprint density at radius 2 is 2.00 bits per heavy atom. The monoisotopic (exact) mass is 216 g/mol. The van der Waals surface area contributed by atoms with Gasteiger partial charge in [-0.25, -0.2) is 4.39 Å². The molecule has 1 aromatic carbocycles. The van der Waals surface area contributed by atoms with E-state index in [1.807, 2.05) is 35.3 Å². The van der Waals surface area contributed by atoms with Crippen LogP contribution in [0.4, 0.5) is 4.39 Å². The molecule has 2 nitrogen and oxygen atoms in total. The molecule has 16 heavy (non-hydrogen) atoms. The Balaban J connectivity index is 1.89. The maximum absolute atomic E-state index is 13.5. The second-order valence-electron chi connectivity index (χ2n) is 4.12. The van der Waals surface area contributed by atoms with Crippen molar-refractivity contribution in [2.24, 2.45) is 0 Å². The highest BCUT2D eigenvalue weighted by Gasteiger charge is 2.24. The van der Waals surface area contributed by atoms with Crippen molar-refractivity contribution in [2.75, 3.05) is 5.43 Å². The van der Waals surface area contributed by atoms with Gasteiger partial charge < -0.3 is 5.43 Å². The lowest BCUT2D eigenvalue weighted by Crippen LogP contribution is -2.17. The summed E-state index contributed by atoms with van der Waals surface area (Å²) in [5, 5.41) is 0. The number of hydrogen-bond donors (Lipinski definition) is 1. The van der Waals surface area contributed by atoms with E-state index in [4.69, 9.17) is 0 Å². The minimum Gasteiger partial charge on any atom is -0.319 e. The smallest absolute Gasteiger partial charge is 0.126 e. The van der Waals surface area contributed by atoms with Gasteiger partial charge in [-0.15, -0.1) is 0 Å². The molecule has 3 rings (SSSR count). The predicted octanol–water partition coefficient (Wildman–Crippen LogP) is 2.86. The summed E-state index contributed by atoms with van der Waals surface area (Å²) in [6, 6.07) is 9.48. The Kier molecular flexibility index (Phi) is 2.17. The molecule has 1 unspecified atom stereocenters. The molecule has 0 amide bonds. The lowest BCUT2D eigenvalue weighted by atomic mass is 10.1. The minimum absolute atomic E-state index is 0.0747. The van der Waals surface area contributed by atoms with Crippen LogP contribution in [0.25, 0.3) is 0 Å². The summed E-state index contributed by atoms with van der Waals surface area (Å²) in [7, 11) is 0. The molecule has 0 aliphatic heterocycles. The molecule has 0 radical (unpaired) electrons. The third-order valence-corrected chi connectivity index (χ3v) is 3.12. The van der Waals surface area contributed by atoms with E-state index in [1.165, 1.54) is 6.07 Å². The molecule has 3 heteroatoms. The second-order valence-corrected chi connectivity index (χ2v) is 4.12. The molecule has 0 saturated carbocycles. The molecule has 0 fully saturated rings. The lowest BCUT2D eigenvalue weighted by molar-refractivity contribution is 0.612. The van der Waals surface area contributed by atoms with E-state index in [2.05, 4.69) is 5.43 Å². The summed E-state index contributed by atoms with van der Waals surface area (Å²) >= 11 is 0. The normalized spacial score (nSPS) is 18.4. The first-order valence-corrected chi connectivity index (χ1v) is 5.51. The van der Waals surface area contributed by atoms with Gasteiger partial charge in [-0.1, -0.05) is 12.1 Å². The third-order valence-electron chi connectivity index (χ3n) is 3.12. The van der Waals surface area contributed by atoms with Gasteiger partial charge in [0.15, 0.2) is 0 Å². The number of aromatic nitrogens is 1. The molecule has 0 saturated heterocycles. The maximum Gasteiger partial charge on any atom is 0.126 e. The Hall–Kier alpha value is -1.77. The van der Waals surface area contributed by atoms with E-state index < -0.39 is 0 Å². The summed E-state index contributed by atoms with van der Waals surface area (Å²) in [6.45, 7) is 0. The fourth-order valence-electron chi connectivity index (χ4n) is 2.34. The first kappa shape index (κ1) is 9.46. The lowest BCUT2D eigenvalue weighted by Gasteiger charge is -2.16. The standard InChI is InChI=1S/C13H13FN2/c14-12-5-3-4-11-10(12)6-7-13(11)15-16-8-1-2-9-16/h1-5,8-9,13,15H,6-7H2. The van der Waals surface area contributed by atoms with E-state index in [-0.39, 0.29) is 11.9 Å². The highest BCUT2D eigenvalue weighted by Crippen LogP contribution is 2.33. The summed E-state index contributed by atoms with van der Waals surface area (Å²) in [5.41, 5.74) is 5.31. The number of nitrogens with zero attached hydrogens (tertiary/aromatic N) is 1. The van der Waals surface area contributed by atoms with Crippen LogP contribution in [-0.4, -0.2) is 4.68 Å². The molecule has 1 N–H and O–H groups in total. The van der Waals surface area contributed by atoms with E-state index in [0.717, 1.165) is 24.0 Å². The summed E-state index contributed by atoms with van der Waals surface area (Å²) in [4.78, 5) is 0. The van der Waals surface area contributed by atoms with Crippen LogP contribution in [0.1, 0.15) is 23.6 Å². The van der Waals surface area contributed by atoms with Crippen molar-refractivity contribution in [1.82, 2.24) is 4.68 Å². The molecular weight excluding hydrogens is 203 g/mol. The van der Waals surface area contributed by atoms with Crippen molar-refractivity contribution >= 4 is 0 Å². The zero-order chi connectivity index (χ0) is 11.0. The molecule has 1 aliphatic carbocycles. The highest BCUT2D eigenvalue weighted by atomic mass is 19.1. The van der Waals surface area contributed by atoms with Gasteiger partial charge >= 0.3 is 0 Å². The van der Waals surface area contributed by atoms with Crippen LogP contribution in [0.3, 0.4) is 0 Å². The zero-order valence-corrected chi connectivity index (χ0v) is 8.86. The van der Waals surface area contributed by atoms with Gasteiger partial charge in [-0.2, -0.15) is 0 Å². The predicted molar refractivity (Wildman–Crippen MR) is 61.3 cm³/mol. The summed E-state index contributed by atoms with van der Waals surface area (Å²) in [6.07, 6.45) is 5.68. The quantitative estimate of drug-likeness (QED) is 0.816. The molecular formula is C13H13FN2. The van der Waals surface area contributed by atoms with Crippen LogP contribution in [0.2, 0.25) is 0 Å². The van der Waals surface area contributed by atoms with Crippen LogP contribution >= 0.6 is 0 Å². The number of hydrogen-bond acceptors (Lipinski definition) is 1. The van der Waals surface area contributed by atoms with Crippen LogP contribution in [0.15, 0.2) is 42.7 Å². The van der Waals surface area contributed by atoms with Gasteiger partial charge in [0.1, 0.15) is 5.82 Å². The average molecular weight is 216 g/mol. The largest absolute Gasteiger partial charge is 0.319 e. The van der Waals surface area contributed by atoms with Crippen molar-refractivity contribution < 1.29 is 4.39 Å². The number of halogens is 1. The minimum atomic E-state index is -0.0747. The van der Waals surface area contributed by atoms with E-state index in [9.17, 15) is 4.39 Å².